The highest BCUT2D eigenvalue weighted by atomic mass is 79.9. The third kappa shape index (κ3) is 3.82. The Morgan fingerprint density at radius 3 is 2.25 bits per heavy atom. The first kappa shape index (κ1) is 16.7. The van der Waals surface area contributed by atoms with Crippen molar-refractivity contribution in [2.24, 2.45) is 5.92 Å². The van der Waals surface area contributed by atoms with E-state index in [1.165, 1.54) is 4.90 Å². The quantitative estimate of drug-likeness (QED) is 0.895. The zero-order valence-electron chi connectivity index (χ0n) is 12.2. The minimum absolute atomic E-state index is 0.0899. The fraction of sp³-hybridized carbons (Fsp3) is 0.467. The van der Waals surface area contributed by atoms with Crippen LogP contribution in [-0.4, -0.2) is 35.5 Å². The second-order valence-electron chi connectivity index (χ2n) is 5.56. The Balaban J connectivity index is 2.88. The number of rotatable bonds is 5. The van der Waals surface area contributed by atoms with Crippen LogP contribution in [0.15, 0.2) is 28.7 Å². The van der Waals surface area contributed by atoms with E-state index >= 15 is 0 Å². The lowest BCUT2D eigenvalue weighted by atomic mass is 9.83. The molecule has 20 heavy (non-hydrogen) atoms. The Bertz CT molecular complexity index is 496. The third-order valence-electron chi connectivity index (χ3n) is 3.42. The summed E-state index contributed by atoms with van der Waals surface area (Å²) in [6.07, 6.45) is 0. The van der Waals surface area contributed by atoms with Gasteiger partial charge in [0, 0.05) is 18.1 Å². The predicted molar refractivity (Wildman–Crippen MR) is 81.6 cm³/mol. The topological polar surface area (TPSA) is 57.6 Å². The van der Waals surface area contributed by atoms with Gasteiger partial charge in [0.1, 0.15) is 0 Å². The first-order valence-electron chi connectivity index (χ1n) is 6.40. The third-order valence-corrected chi connectivity index (χ3v) is 3.95. The molecule has 1 unspecified atom stereocenters. The summed E-state index contributed by atoms with van der Waals surface area (Å²) >= 11 is 3.37. The van der Waals surface area contributed by atoms with Gasteiger partial charge in [-0.3, -0.25) is 9.59 Å². The van der Waals surface area contributed by atoms with E-state index in [9.17, 15) is 9.59 Å². The van der Waals surface area contributed by atoms with Crippen molar-refractivity contribution < 1.29 is 14.7 Å². The Kier molecular flexibility index (Phi) is 5.34. The van der Waals surface area contributed by atoms with Crippen LogP contribution in [0, 0.1) is 5.92 Å². The van der Waals surface area contributed by atoms with Crippen LogP contribution in [0.1, 0.15) is 26.3 Å². The molecule has 0 fully saturated rings. The number of hydrogen-bond acceptors (Lipinski definition) is 2. The van der Waals surface area contributed by atoms with Gasteiger partial charge >= 0.3 is 5.97 Å². The van der Waals surface area contributed by atoms with Gasteiger partial charge < -0.3 is 10.0 Å². The number of carboxylic acid groups (broad SMARTS) is 1. The molecule has 0 spiro atoms. The van der Waals surface area contributed by atoms with Crippen LogP contribution in [0.25, 0.3) is 0 Å². The van der Waals surface area contributed by atoms with Gasteiger partial charge in [-0.25, -0.2) is 0 Å². The van der Waals surface area contributed by atoms with Crippen LogP contribution < -0.4 is 0 Å². The highest BCUT2D eigenvalue weighted by Gasteiger charge is 2.33. The molecule has 4 nitrogen and oxygen atoms in total. The van der Waals surface area contributed by atoms with E-state index in [0.29, 0.717) is 0 Å². The number of likely N-dealkylation sites (N-methyl/N-ethyl adjacent to an activating group) is 1. The molecule has 0 saturated carbocycles. The Morgan fingerprint density at radius 1 is 1.30 bits per heavy atom. The number of aliphatic carboxylic acids is 1. The van der Waals surface area contributed by atoms with Crippen molar-refractivity contribution in [2.75, 3.05) is 13.6 Å². The van der Waals surface area contributed by atoms with Crippen molar-refractivity contribution in [1.29, 1.82) is 0 Å². The Labute approximate surface area is 127 Å². The molecule has 1 N–H and O–H groups in total. The van der Waals surface area contributed by atoms with Crippen molar-refractivity contribution >= 4 is 27.8 Å². The lowest BCUT2D eigenvalue weighted by molar-refractivity contribution is -0.143. The van der Waals surface area contributed by atoms with Crippen LogP contribution in [0.4, 0.5) is 0 Å². The van der Waals surface area contributed by atoms with Crippen LogP contribution in [0.5, 0.6) is 0 Å². The molecule has 1 amide bonds. The van der Waals surface area contributed by atoms with Crippen LogP contribution in [0.2, 0.25) is 0 Å². The maximum Gasteiger partial charge on any atom is 0.308 e. The summed E-state index contributed by atoms with van der Waals surface area (Å²) < 4.78 is 0.956. The maximum absolute atomic E-state index is 12.5. The fourth-order valence-electron chi connectivity index (χ4n) is 2.04. The van der Waals surface area contributed by atoms with E-state index in [2.05, 4.69) is 15.9 Å². The lowest BCUT2D eigenvalue weighted by Gasteiger charge is -2.30. The monoisotopic (exact) mass is 341 g/mol. The summed E-state index contributed by atoms with van der Waals surface area (Å²) in [7, 11) is 1.64. The van der Waals surface area contributed by atoms with Crippen molar-refractivity contribution in [3.8, 4) is 0 Å². The first-order valence-corrected chi connectivity index (χ1v) is 7.20. The number of carboxylic acids is 1. The maximum atomic E-state index is 12.5. The van der Waals surface area contributed by atoms with Crippen LogP contribution in [0.3, 0.4) is 0 Å². The van der Waals surface area contributed by atoms with E-state index in [0.717, 1.165) is 10.0 Å². The molecule has 1 atom stereocenters. The number of hydrogen-bond donors (Lipinski definition) is 1. The molecule has 0 saturated heterocycles. The second kappa shape index (κ2) is 6.39. The molecule has 1 aromatic rings. The molecule has 1 aromatic carbocycles. The molecule has 0 aliphatic heterocycles. The van der Waals surface area contributed by atoms with Crippen LogP contribution in [-0.2, 0) is 15.0 Å². The smallest absolute Gasteiger partial charge is 0.308 e. The predicted octanol–water partition coefficient (Wildman–Crippen LogP) is 2.91. The molecular weight excluding hydrogens is 322 g/mol. The van der Waals surface area contributed by atoms with E-state index in [1.54, 1.807) is 14.0 Å². The second-order valence-corrected chi connectivity index (χ2v) is 6.47. The zero-order chi connectivity index (χ0) is 15.5. The van der Waals surface area contributed by atoms with Gasteiger partial charge in [-0.05, 0) is 31.5 Å². The van der Waals surface area contributed by atoms with Crippen molar-refractivity contribution in [3.05, 3.63) is 34.3 Å². The molecule has 0 bridgehead atoms. The minimum atomic E-state index is -0.897. The molecule has 0 aliphatic rings. The number of benzene rings is 1. The molecule has 110 valence electrons. The average Bonchev–Trinajstić information content (AvgIpc) is 2.37. The largest absolute Gasteiger partial charge is 0.481 e. The lowest BCUT2D eigenvalue weighted by Crippen LogP contribution is -2.43. The SMILES string of the molecule is CC(CN(C)C(=O)C(C)(C)c1ccc(Br)cc1)C(=O)O. The number of carbonyl (C=O) groups is 2. The van der Waals surface area contributed by atoms with Crippen molar-refractivity contribution in [1.82, 2.24) is 4.90 Å². The molecule has 0 heterocycles. The summed E-state index contributed by atoms with van der Waals surface area (Å²) in [6.45, 7) is 5.49. The summed E-state index contributed by atoms with van der Waals surface area (Å²) in [5.74, 6) is -1.57. The van der Waals surface area contributed by atoms with Crippen LogP contribution >= 0.6 is 15.9 Å². The molecule has 0 aromatic heterocycles. The fourth-order valence-corrected chi connectivity index (χ4v) is 2.30. The molecule has 5 heteroatoms. The van der Waals surface area contributed by atoms with Gasteiger partial charge in [-0.1, -0.05) is 35.0 Å². The molecule has 0 aliphatic carbocycles. The van der Waals surface area contributed by atoms with E-state index < -0.39 is 17.3 Å². The summed E-state index contributed by atoms with van der Waals surface area (Å²) in [5.41, 5.74) is 0.216. The summed E-state index contributed by atoms with van der Waals surface area (Å²) in [6, 6.07) is 7.58. The first-order chi connectivity index (χ1) is 9.16. The normalized spacial score (nSPS) is 12.8. The highest BCUT2D eigenvalue weighted by molar-refractivity contribution is 9.10. The van der Waals surface area contributed by atoms with E-state index in [-0.39, 0.29) is 12.5 Å². The van der Waals surface area contributed by atoms with Gasteiger partial charge in [0.2, 0.25) is 5.91 Å². The van der Waals surface area contributed by atoms with E-state index in [4.69, 9.17) is 5.11 Å². The molecular formula is C15H20BrNO3. The summed E-state index contributed by atoms with van der Waals surface area (Å²) in [4.78, 5) is 24.9. The van der Waals surface area contributed by atoms with Gasteiger partial charge in [0.05, 0.1) is 11.3 Å². The van der Waals surface area contributed by atoms with Crippen molar-refractivity contribution in [2.45, 2.75) is 26.2 Å². The average molecular weight is 342 g/mol. The zero-order valence-corrected chi connectivity index (χ0v) is 13.8. The number of amides is 1. The van der Waals surface area contributed by atoms with Crippen molar-refractivity contribution in [3.63, 3.8) is 0 Å². The Hall–Kier alpha value is -1.36. The molecule has 0 radical (unpaired) electrons. The molecule has 1 rings (SSSR count). The minimum Gasteiger partial charge on any atom is -0.481 e. The standard InChI is InChI=1S/C15H20BrNO3/c1-10(13(18)19)9-17(4)14(20)15(2,3)11-5-7-12(16)8-6-11/h5-8,10H,9H2,1-4H3,(H,18,19). The Morgan fingerprint density at radius 2 is 1.80 bits per heavy atom. The number of halogens is 1. The van der Waals surface area contributed by atoms with Gasteiger partial charge in [-0.2, -0.15) is 0 Å². The number of carbonyl (C=O) groups excluding carboxylic acids is 1. The number of nitrogens with zero attached hydrogens (tertiary/aromatic N) is 1. The highest BCUT2D eigenvalue weighted by Crippen LogP contribution is 2.27. The summed E-state index contributed by atoms with van der Waals surface area (Å²) in [5, 5.41) is 8.92. The van der Waals surface area contributed by atoms with Gasteiger partial charge in [0.25, 0.3) is 0 Å². The van der Waals surface area contributed by atoms with E-state index in [1.807, 2.05) is 38.1 Å². The van der Waals surface area contributed by atoms with Gasteiger partial charge in [-0.15, -0.1) is 0 Å². The van der Waals surface area contributed by atoms with Gasteiger partial charge in [0.15, 0.2) is 0 Å².